The lowest BCUT2D eigenvalue weighted by atomic mass is 9.98. The Labute approximate surface area is 117 Å². The van der Waals surface area contributed by atoms with E-state index in [1.54, 1.807) is 0 Å². The van der Waals surface area contributed by atoms with Gasteiger partial charge in [0.1, 0.15) is 0 Å². The Kier molecular flexibility index (Phi) is 4.52. The van der Waals surface area contributed by atoms with E-state index in [0.29, 0.717) is 6.04 Å². The van der Waals surface area contributed by atoms with Crippen molar-refractivity contribution in [3.8, 4) is 0 Å². The summed E-state index contributed by atoms with van der Waals surface area (Å²) in [6.07, 6.45) is 8.42. The van der Waals surface area contributed by atoms with Crippen molar-refractivity contribution in [2.24, 2.45) is 5.92 Å². The monoisotopic (exact) mass is 258 g/mol. The van der Waals surface area contributed by atoms with E-state index in [2.05, 4.69) is 34.9 Å². The summed E-state index contributed by atoms with van der Waals surface area (Å²) in [6.45, 7) is 3.33. The number of benzene rings is 1. The molecule has 104 valence electrons. The van der Waals surface area contributed by atoms with Crippen LogP contribution in [0.15, 0.2) is 24.3 Å². The first kappa shape index (κ1) is 13.1. The van der Waals surface area contributed by atoms with Crippen LogP contribution >= 0.6 is 0 Å². The second-order valence-corrected chi connectivity index (χ2v) is 6.11. The van der Waals surface area contributed by atoms with Gasteiger partial charge in [-0.2, -0.15) is 0 Å². The van der Waals surface area contributed by atoms with Gasteiger partial charge in [0.15, 0.2) is 0 Å². The summed E-state index contributed by atoms with van der Waals surface area (Å²) in [5.74, 6) is 0.992. The lowest BCUT2D eigenvalue weighted by Gasteiger charge is -2.20. The molecule has 1 aromatic rings. The minimum atomic E-state index is 0.549. The number of hydrogen-bond donors (Lipinski definition) is 2. The van der Waals surface area contributed by atoms with Crippen LogP contribution in [-0.2, 0) is 6.54 Å². The van der Waals surface area contributed by atoms with Crippen molar-refractivity contribution in [1.82, 2.24) is 10.6 Å². The molecule has 0 spiro atoms. The molecular weight excluding hydrogens is 232 g/mol. The minimum absolute atomic E-state index is 0.549. The fourth-order valence-corrected chi connectivity index (χ4v) is 3.63. The molecule has 1 aliphatic heterocycles. The van der Waals surface area contributed by atoms with Crippen LogP contribution in [0, 0.1) is 5.92 Å². The van der Waals surface area contributed by atoms with Crippen LogP contribution in [-0.4, -0.2) is 13.1 Å². The molecule has 1 aliphatic carbocycles. The maximum atomic E-state index is 3.80. The zero-order valence-corrected chi connectivity index (χ0v) is 11.8. The molecule has 2 aliphatic rings. The molecule has 0 aromatic heterocycles. The van der Waals surface area contributed by atoms with Crippen molar-refractivity contribution in [2.75, 3.05) is 13.1 Å². The Morgan fingerprint density at radius 2 is 1.95 bits per heavy atom. The predicted molar refractivity (Wildman–Crippen MR) is 80.1 cm³/mol. The van der Waals surface area contributed by atoms with Crippen molar-refractivity contribution in [2.45, 2.75) is 51.1 Å². The number of hydrogen-bond acceptors (Lipinski definition) is 2. The Morgan fingerprint density at radius 1 is 1.11 bits per heavy atom. The molecule has 1 unspecified atom stereocenters. The second-order valence-electron chi connectivity index (χ2n) is 6.11. The summed E-state index contributed by atoms with van der Waals surface area (Å²) in [5.41, 5.74) is 2.98. The largest absolute Gasteiger partial charge is 0.313 e. The first-order valence-corrected chi connectivity index (χ1v) is 7.95. The number of fused-ring (bicyclic) bond motifs is 1. The first-order valence-electron chi connectivity index (χ1n) is 7.95. The van der Waals surface area contributed by atoms with Crippen molar-refractivity contribution in [3.63, 3.8) is 0 Å². The fourth-order valence-electron chi connectivity index (χ4n) is 3.63. The Bertz CT molecular complexity index is 396. The van der Waals surface area contributed by atoms with Crippen LogP contribution in [0.4, 0.5) is 0 Å². The molecule has 2 nitrogen and oxygen atoms in total. The van der Waals surface area contributed by atoms with E-state index in [-0.39, 0.29) is 0 Å². The molecule has 1 saturated carbocycles. The van der Waals surface area contributed by atoms with Crippen LogP contribution in [0.2, 0.25) is 0 Å². The summed E-state index contributed by atoms with van der Waals surface area (Å²) in [6, 6.07) is 9.44. The van der Waals surface area contributed by atoms with Crippen molar-refractivity contribution in [3.05, 3.63) is 35.4 Å². The van der Waals surface area contributed by atoms with E-state index in [1.807, 2.05) is 0 Å². The molecule has 19 heavy (non-hydrogen) atoms. The van der Waals surface area contributed by atoms with Gasteiger partial charge in [-0.1, -0.05) is 49.9 Å². The van der Waals surface area contributed by atoms with Crippen LogP contribution in [0.25, 0.3) is 0 Å². The van der Waals surface area contributed by atoms with Crippen LogP contribution in [0.1, 0.15) is 55.7 Å². The van der Waals surface area contributed by atoms with Crippen molar-refractivity contribution in [1.29, 1.82) is 0 Å². The van der Waals surface area contributed by atoms with Gasteiger partial charge in [-0.05, 0) is 43.0 Å². The van der Waals surface area contributed by atoms with E-state index in [0.717, 1.165) is 19.0 Å². The zero-order valence-electron chi connectivity index (χ0n) is 11.8. The standard InChI is InChI=1S/C17H26N2/c1-2-6-14(5-1)9-12-19-17-10-11-18-13-15-7-3-4-8-16(15)17/h3-4,7-8,14,17-19H,1-2,5-6,9-13H2. The smallest absolute Gasteiger partial charge is 0.0335 e. The topological polar surface area (TPSA) is 24.1 Å². The van der Waals surface area contributed by atoms with Crippen molar-refractivity contribution < 1.29 is 0 Å². The molecule has 3 rings (SSSR count). The van der Waals surface area contributed by atoms with Gasteiger partial charge in [0, 0.05) is 12.6 Å². The van der Waals surface area contributed by atoms with Gasteiger partial charge in [-0.25, -0.2) is 0 Å². The minimum Gasteiger partial charge on any atom is -0.313 e. The molecule has 0 radical (unpaired) electrons. The summed E-state index contributed by atoms with van der Waals surface area (Å²) >= 11 is 0. The summed E-state index contributed by atoms with van der Waals surface area (Å²) < 4.78 is 0. The molecule has 2 N–H and O–H groups in total. The van der Waals surface area contributed by atoms with E-state index in [4.69, 9.17) is 0 Å². The average Bonchev–Trinajstić information content (AvgIpc) is 2.87. The molecule has 1 fully saturated rings. The Balaban J connectivity index is 1.57. The summed E-state index contributed by atoms with van der Waals surface area (Å²) in [4.78, 5) is 0. The maximum absolute atomic E-state index is 3.80. The number of rotatable bonds is 4. The van der Waals surface area contributed by atoms with Crippen LogP contribution in [0.5, 0.6) is 0 Å². The van der Waals surface area contributed by atoms with E-state index >= 15 is 0 Å². The highest BCUT2D eigenvalue weighted by Gasteiger charge is 2.19. The highest BCUT2D eigenvalue weighted by Crippen LogP contribution is 2.28. The SMILES string of the molecule is c1ccc2c(c1)CNCCC2NCCC1CCCC1. The third kappa shape index (κ3) is 3.37. The molecule has 1 heterocycles. The summed E-state index contributed by atoms with van der Waals surface area (Å²) in [7, 11) is 0. The number of nitrogens with one attached hydrogen (secondary N) is 2. The van der Waals surface area contributed by atoms with Gasteiger partial charge in [-0.15, -0.1) is 0 Å². The van der Waals surface area contributed by atoms with Gasteiger partial charge < -0.3 is 10.6 Å². The fraction of sp³-hybridized carbons (Fsp3) is 0.647. The van der Waals surface area contributed by atoms with E-state index in [1.165, 1.54) is 56.2 Å². The van der Waals surface area contributed by atoms with E-state index in [9.17, 15) is 0 Å². The van der Waals surface area contributed by atoms with Gasteiger partial charge in [-0.3, -0.25) is 0 Å². The Morgan fingerprint density at radius 3 is 2.84 bits per heavy atom. The second kappa shape index (κ2) is 6.53. The normalized spacial score (nSPS) is 24.1. The quantitative estimate of drug-likeness (QED) is 0.865. The van der Waals surface area contributed by atoms with Gasteiger partial charge in [0.25, 0.3) is 0 Å². The van der Waals surface area contributed by atoms with Gasteiger partial charge in [0.05, 0.1) is 0 Å². The molecule has 0 saturated heterocycles. The van der Waals surface area contributed by atoms with Crippen LogP contribution < -0.4 is 10.6 Å². The van der Waals surface area contributed by atoms with Crippen LogP contribution in [0.3, 0.4) is 0 Å². The molecule has 2 heteroatoms. The maximum Gasteiger partial charge on any atom is 0.0335 e. The average molecular weight is 258 g/mol. The highest BCUT2D eigenvalue weighted by molar-refractivity contribution is 5.30. The first-order chi connectivity index (χ1) is 9.43. The van der Waals surface area contributed by atoms with Crippen molar-refractivity contribution >= 4 is 0 Å². The van der Waals surface area contributed by atoms with Gasteiger partial charge >= 0.3 is 0 Å². The van der Waals surface area contributed by atoms with Gasteiger partial charge in [0.2, 0.25) is 0 Å². The third-order valence-corrected chi connectivity index (χ3v) is 4.77. The molecule has 1 aromatic carbocycles. The summed E-state index contributed by atoms with van der Waals surface area (Å²) in [5, 5.41) is 7.33. The zero-order chi connectivity index (χ0) is 12.9. The molecular formula is C17H26N2. The lowest BCUT2D eigenvalue weighted by Crippen LogP contribution is -2.25. The Hall–Kier alpha value is -0.860. The highest BCUT2D eigenvalue weighted by atomic mass is 14.9. The molecule has 1 atom stereocenters. The van der Waals surface area contributed by atoms with E-state index < -0.39 is 0 Å². The molecule has 0 bridgehead atoms. The lowest BCUT2D eigenvalue weighted by molar-refractivity contribution is 0.432. The predicted octanol–water partition coefficient (Wildman–Crippen LogP) is 3.39. The molecule has 0 amide bonds. The third-order valence-electron chi connectivity index (χ3n) is 4.77.